The Kier molecular flexibility index (Phi) is 3.87. The molecule has 1 heterocycles. The molecule has 0 aliphatic heterocycles. The Hall–Kier alpha value is -1.25. The Labute approximate surface area is 104 Å². The molecule has 3 nitrogen and oxygen atoms in total. The van der Waals surface area contributed by atoms with Crippen molar-refractivity contribution in [3.63, 3.8) is 0 Å². The summed E-state index contributed by atoms with van der Waals surface area (Å²) in [5, 5.41) is 6.81. The Morgan fingerprint density at radius 3 is 2.47 bits per heavy atom. The van der Waals surface area contributed by atoms with Crippen molar-refractivity contribution in [2.75, 3.05) is 23.7 Å². The van der Waals surface area contributed by atoms with Crippen molar-refractivity contribution in [2.45, 2.75) is 39.5 Å². The molecule has 1 fully saturated rings. The van der Waals surface area contributed by atoms with E-state index in [1.165, 1.54) is 25.7 Å². The van der Waals surface area contributed by atoms with Gasteiger partial charge >= 0.3 is 0 Å². The molecule has 2 N–H and O–H groups in total. The molecule has 1 aliphatic rings. The first-order valence-corrected chi connectivity index (χ1v) is 6.65. The second-order valence-corrected chi connectivity index (χ2v) is 5.36. The van der Waals surface area contributed by atoms with Gasteiger partial charge in [-0.25, -0.2) is 0 Å². The van der Waals surface area contributed by atoms with Crippen molar-refractivity contribution in [3.05, 3.63) is 18.5 Å². The van der Waals surface area contributed by atoms with Gasteiger partial charge in [-0.2, -0.15) is 0 Å². The highest BCUT2D eigenvalue weighted by atomic mass is 14.9. The van der Waals surface area contributed by atoms with E-state index in [1.54, 1.807) is 0 Å². The van der Waals surface area contributed by atoms with Crippen molar-refractivity contribution < 1.29 is 0 Å². The van der Waals surface area contributed by atoms with E-state index in [1.807, 2.05) is 12.4 Å². The van der Waals surface area contributed by atoms with Crippen LogP contribution in [0.25, 0.3) is 0 Å². The van der Waals surface area contributed by atoms with E-state index >= 15 is 0 Å². The summed E-state index contributed by atoms with van der Waals surface area (Å²) in [6.45, 7) is 6.47. The molecular weight excluding hydrogens is 210 g/mol. The zero-order valence-corrected chi connectivity index (χ0v) is 10.9. The zero-order chi connectivity index (χ0) is 12.1. The van der Waals surface area contributed by atoms with Gasteiger partial charge in [-0.05, 0) is 31.2 Å². The van der Waals surface area contributed by atoms with E-state index in [2.05, 4.69) is 35.5 Å². The lowest BCUT2D eigenvalue weighted by molar-refractivity contribution is 0.362. The van der Waals surface area contributed by atoms with Crippen LogP contribution in [0.3, 0.4) is 0 Å². The maximum atomic E-state index is 4.25. The van der Waals surface area contributed by atoms with Crippen LogP contribution in [0.2, 0.25) is 0 Å². The molecule has 0 saturated heterocycles. The zero-order valence-electron chi connectivity index (χ0n) is 10.9. The fourth-order valence-corrected chi connectivity index (χ4v) is 2.56. The number of pyridine rings is 1. The summed E-state index contributed by atoms with van der Waals surface area (Å²) in [7, 11) is 0. The summed E-state index contributed by atoms with van der Waals surface area (Å²) in [4.78, 5) is 4.25. The van der Waals surface area contributed by atoms with Crippen molar-refractivity contribution in [2.24, 2.45) is 5.41 Å². The molecule has 17 heavy (non-hydrogen) atoms. The van der Waals surface area contributed by atoms with Crippen LogP contribution >= 0.6 is 0 Å². The normalized spacial score (nSPS) is 18.0. The molecule has 0 unspecified atom stereocenters. The molecule has 94 valence electrons. The van der Waals surface area contributed by atoms with E-state index in [-0.39, 0.29) is 0 Å². The van der Waals surface area contributed by atoms with Gasteiger partial charge in [0.2, 0.25) is 0 Å². The average Bonchev–Trinajstić information content (AvgIpc) is 2.76. The van der Waals surface area contributed by atoms with Crippen LogP contribution in [0, 0.1) is 5.41 Å². The van der Waals surface area contributed by atoms with E-state index in [0.717, 1.165) is 24.5 Å². The summed E-state index contributed by atoms with van der Waals surface area (Å²) in [6.07, 6.45) is 9.23. The molecule has 0 radical (unpaired) electrons. The SMILES string of the molecule is CCNc1cncc(NCC2(C)CCCC2)c1. The van der Waals surface area contributed by atoms with Gasteiger partial charge in [0, 0.05) is 13.1 Å². The minimum absolute atomic E-state index is 0.480. The predicted octanol–water partition coefficient (Wildman–Crippen LogP) is 3.51. The molecule has 1 saturated carbocycles. The third-order valence-corrected chi connectivity index (χ3v) is 3.65. The molecule has 0 amide bonds. The molecule has 1 aliphatic carbocycles. The summed E-state index contributed by atoms with van der Waals surface area (Å²) in [6, 6.07) is 2.13. The summed E-state index contributed by atoms with van der Waals surface area (Å²) in [5.74, 6) is 0. The topological polar surface area (TPSA) is 37.0 Å². The molecule has 1 aromatic heterocycles. The first kappa shape index (κ1) is 12.2. The van der Waals surface area contributed by atoms with Gasteiger partial charge in [-0.3, -0.25) is 4.98 Å². The number of hydrogen-bond acceptors (Lipinski definition) is 3. The maximum Gasteiger partial charge on any atom is 0.0547 e. The minimum atomic E-state index is 0.480. The fourth-order valence-electron chi connectivity index (χ4n) is 2.56. The molecule has 2 rings (SSSR count). The van der Waals surface area contributed by atoms with Crippen molar-refractivity contribution in [3.8, 4) is 0 Å². The van der Waals surface area contributed by atoms with Crippen LogP contribution in [0.5, 0.6) is 0 Å². The molecule has 0 atom stereocenters. The summed E-state index contributed by atoms with van der Waals surface area (Å²) < 4.78 is 0. The first-order chi connectivity index (χ1) is 8.22. The van der Waals surface area contributed by atoms with Crippen molar-refractivity contribution in [1.29, 1.82) is 0 Å². The van der Waals surface area contributed by atoms with Crippen LogP contribution < -0.4 is 10.6 Å². The van der Waals surface area contributed by atoms with Crippen molar-refractivity contribution in [1.82, 2.24) is 4.98 Å². The minimum Gasteiger partial charge on any atom is -0.384 e. The third-order valence-electron chi connectivity index (χ3n) is 3.65. The molecule has 0 aromatic carbocycles. The monoisotopic (exact) mass is 233 g/mol. The van der Waals surface area contributed by atoms with Crippen LogP contribution in [0.1, 0.15) is 39.5 Å². The number of nitrogens with one attached hydrogen (secondary N) is 2. The van der Waals surface area contributed by atoms with Gasteiger partial charge in [0.15, 0.2) is 0 Å². The Bertz CT molecular complexity index is 356. The fraction of sp³-hybridized carbons (Fsp3) is 0.643. The van der Waals surface area contributed by atoms with Crippen LogP contribution in [-0.4, -0.2) is 18.1 Å². The summed E-state index contributed by atoms with van der Waals surface area (Å²) >= 11 is 0. The second-order valence-electron chi connectivity index (χ2n) is 5.36. The van der Waals surface area contributed by atoms with E-state index in [0.29, 0.717) is 5.41 Å². The lowest BCUT2D eigenvalue weighted by atomic mass is 9.89. The highest BCUT2D eigenvalue weighted by Crippen LogP contribution is 2.37. The van der Waals surface area contributed by atoms with E-state index in [4.69, 9.17) is 0 Å². The number of anilines is 2. The second kappa shape index (κ2) is 5.39. The quantitative estimate of drug-likeness (QED) is 0.817. The van der Waals surface area contributed by atoms with Gasteiger partial charge in [-0.1, -0.05) is 19.8 Å². The van der Waals surface area contributed by atoms with Gasteiger partial charge in [-0.15, -0.1) is 0 Å². The van der Waals surface area contributed by atoms with Gasteiger partial charge < -0.3 is 10.6 Å². The maximum absolute atomic E-state index is 4.25. The van der Waals surface area contributed by atoms with Crippen molar-refractivity contribution >= 4 is 11.4 Å². The third kappa shape index (κ3) is 3.35. The van der Waals surface area contributed by atoms with E-state index in [9.17, 15) is 0 Å². The number of hydrogen-bond donors (Lipinski definition) is 2. The molecule has 0 spiro atoms. The molecule has 1 aromatic rings. The van der Waals surface area contributed by atoms with Gasteiger partial charge in [0.05, 0.1) is 23.8 Å². The van der Waals surface area contributed by atoms with Crippen LogP contribution in [0.15, 0.2) is 18.5 Å². The number of rotatable bonds is 5. The largest absolute Gasteiger partial charge is 0.384 e. The number of aromatic nitrogens is 1. The highest BCUT2D eigenvalue weighted by Gasteiger charge is 2.28. The van der Waals surface area contributed by atoms with Crippen LogP contribution in [0.4, 0.5) is 11.4 Å². The van der Waals surface area contributed by atoms with Gasteiger partial charge in [0.1, 0.15) is 0 Å². The molecule has 0 bridgehead atoms. The average molecular weight is 233 g/mol. The Balaban J connectivity index is 1.91. The Morgan fingerprint density at radius 2 is 1.82 bits per heavy atom. The molecule has 3 heteroatoms. The standard InChI is InChI=1S/C14H23N3/c1-3-16-12-8-13(10-15-9-12)17-11-14(2)6-4-5-7-14/h8-10,16-17H,3-7,11H2,1-2H3. The highest BCUT2D eigenvalue weighted by molar-refractivity contribution is 5.53. The smallest absolute Gasteiger partial charge is 0.0547 e. The first-order valence-electron chi connectivity index (χ1n) is 6.65. The van der Waals surface area contributed by atoms with E-state index < -0.39 is 0 Å². The lowest BCUT2D eigenvalue weighted by Gasteiger charge is -2.24. The number of nitrogens with zero attached hydrogens (tertiary/aromatic N) is 1. The van der Waals surface area contributed by atoms with Crippen LogP contribution in [-0.2, 0) is 0 Å². The predicted molar refractivity (Wildman–Crippen MR) is 73.5 cm³/mol. The Morgan fingerprint density at radius 1 is 1.18 bits per heavy atom. The summed E-state index contributed by atoms with van der Waals surface area (Å²) in [5.41, 5.74) is 2.69. The lowest BCUT2D eigenvalue weighted by Crippen LogP contribution is -2.23. The van der Waals surface area contributed by atoms with Gasteiger partial charge in [0.25, 0.3) is 0 Å². The molecular formula is C14H23N3.